The standard InChI is InChI=1S/C16H21N3O2/c1-2-21-16(20)9-8-13(17)12-14-10-11-19(18-14)15-6-4-3-5-7-15/h3-7,10-11,13H,2,8-9,12,17H2,1H3. The second kappa shape index (κ2) is 7.59. The van der Waals surface area contributed by atoms with E-state index in [-0.39, 0.29) is 12.0 Å². The number of benzene rings is 1. The summed E-state index contributed by atoms with van der Waals surface area (Å²) < 4.78 is 6.72. The third-order valence-corrected chi connectivity index (χ3v) is 3.16. The smallest absolute Gasteiger partial charge is 0.305 e. The summed E-state index contributed by atoms with van der Waals surface area (Å²) in [6.07, 6.45) is 3.54. The van der Waals surface area contributed by atoms with Gasteiger partial charge in [0.25, 0.3) is 0 Å². The van der Waals surface area contributed by atoms with Crippen molar-refractivity contribution in [3.63, 3.8) is 0 Å². The molecule has 1 atom stereocenters. The van der Waals surface area contributed by atoms with Crippen molar-refractivity contribution in [3.05, 3.63) is 48.3 Å². The molecule has 0 saturated carbocycles. The highest BCUT2D eigenvalue weighted by Crippen LogP contribution is 2.09. The summed E-state index contributed by atoms with van der Waals surface area (Å²) in [4.78, 5) is 11.3. The zero-order valence-electron chi connectivity index (χ0n) is 12.2. The molecule has 0 amide bonds. The first-order chi connectivity index (χ1) is 10.2. The van der Waals surface area contributed by atoms with Crippen LogP contribution in [0.15, 0.2) is 42.6 Å². The van der Waals surface area contributed by atoms with E-state index >= 15 is 0 Å². The molecule has 1 heterocycles. The van der Waals surface area contributed by atoms with Gasteiger partial charge in [0, 0.05) is 25.1 Å². The molecule has 0 aliphatic heterocycles. The minimum Gasteiger partial charge on any atom is -0.466 e. The third kappa shape index (κ3) is 4.72. The topological polar surface area (TPSA) is 70.1 Å². The van der Waals surface area contributed by atoms with E-state index in [0.29, 0.717) is 25.9 Å². The minimum atomic E-state index is -0.192. The number of hydrogen-bond acceptors (Lipinski definition) is 4. The molecule has 0 aliphatic carbocycles. The van der Waals surface area contributed by atoms with E-state index < -0.39 is 0 Å². The lowest BCUT2D eigenvalue weighted by molar-refractivity contribution is -0.143. The first-order valence-electron chi connectivity index (χ1n) is 7.20. The lowest BCUT2D eigenvalue weighted by atomic mass is 10.1. The average Bonchev–Trinajstić information content (AvgIpc) is 2.95. The van der Waals surface area contributed by atoms with Crippen LogP contribution in [0.25, 0.3) is 5.69 Å². The molecule has 21 heavy (non-hydrogen) atoms. The van der Waals surface area contributed by atoms with Crippen LogP contribution >= 0.6 is 0 Å². The number of rotatable bonds is 7. The molecule has 1 unspecified atom stereocenters. The first-order valence-corrected chi connectivity index (χ1v) is 7.20. The predicted molar refractivity (Wildman–Crippen MR) is 81.1 cm³/mol. The van der Waals surface area contributed by atoms with Crippen LogP contribution in [0, 0.1) is 0 Å². The molecule has 2 rings (SSSR count). The second-order valence-corrected chi connectivity index (χ2v) is 4.90. The molecule has 0 spiro atoms. The van der Waals surface area contributed by atoms with Crippen LogP contribution in [0.1, 0.15) is 25.5 Å². The molecule has 0 radical (unpaired) electrons. The fourth-order valence-corrected chi connectivity index (χ4v) is 2.10. The van der Waals surface area contributed by atoms with Crippen LogP contribution < -0.4 is 5.73 Å². The summed E-state index contributed by atoms with van der Waals surface area (Å²) in [5, 5.41) is 4.50. The molecule has 2 N–H and O–H groups in total. The molecular weight excluding hydrogens is 266 g/mol. The molecule has 112 valence electrons. The molecule has 5 heteroatoms. The summed E-state index contributed by atoms with van der Waals surface area (Å²) in [5.74, 6) is -0.192. The monoisotopic (exact) mass is 287 g/mol. The number of hydrogen-bond donors (Lipinski definition) is 1. The van der Waals surface area contributed by atoms with Crippen LogP contribution in [0.3, 0.4) is 0 Å². The number of para-hydroxylation sites is 1. The molecule has 1 aromatic heterocycles. The Hall–Kier alpha value is -2.14. The minimum absolute atomic E-state index is 0.0893. The Bertz CT molecular complexity index is 566. The van der Waals surface area contributed by atoms with Crippen molar-refractivity contribution in [1.29, 1.82) is 0 Å². The first kappa shape index (κ1) is 15.3. The fourth-order valence-electron chi connectivity index (χ4n) is 2.10. The van der Waals surface area contributed by atoms with Crippen molar-refractivity contribution < 1.29 is 9.53 Å². The highest BCUT2D eigenvalue weighted by atomic mass is 16.5. The number of ether oxygens (including phenoxy) is 1. The van der Waals surface area contributed by atoms with Crippen molar-refractivity contribution in [2.75, 3.05) is 6.61 Å². The maximum Gasteiger partial charge on any atom is 0.305 e. The normalized spacial score (nSPS) is 12.1. The molecule has 0 saturated heterocycles. The SMILES string of the molecule is CCOC(=O)CCC(N)Cc1ccn(-c2ccccc2)n1. The Morgan fingerprint density at radius 3 is 2.81 bits per heavy atom. The van der Waals surface area contributed by atoms with Crippen LogP contribution in [-0.2, 0) is 16.0 Å². The lowest BCUT2D eigenvalue weighted by Gasteiger charge is -2.09. The van der Waals surface area contributed by atoms with E-state index in [4.69, 9.17) is 10.5 Å². The van der Waals surface area contributed by atoms with Crippen LogP contribution in [0.5, 0.6) is 0 Å². The van der Waals surface area contributed by atoms with E-state index in [1.807, 2.05) is 47.3 Å². The molecule has 0 fully saturated rings. The average molecular weight is 287 g/mol. The number of nitrogens with two attached hydrogens (primary N) is 1. The van der Waals surface area contributed by atoms with Crippen molar-refractivity contribution in [2.45, 2.75) is 32.2 Å². The Labute approximate surface area is 124 Å². The fraction of sp³-hybridized carbons (Fsp3) is 0.375. The van der Waals surface area contributed by atoms with Gasteiger partial charge < -0.3 is 10.5 Å². The van der Waals surface area contributed by atoms with Gasteiger partial charge in [0.2, 0.25) is 0 Å². The summed E-state index contributed by atoms with van der Waals surface area (Å²) in [5.41, 5.74) is 7.98. The van der Waals surface area contributed by atoms with Crippen molar-refractivity contribution in [3.8, 4) is 5.69 Å². The van der Waals surface area contributed by atoms with Gasteiger partial charge in [-0.1, -0.05) is 18.2 Å². The van der Waals surface area contributed by atoms with E-state index in [1.54, 1.807) is 6.92 Å². The maximum atomic E-state index is 11.3. The van der Waals surface area contributed by atoms with E-state index in [9.17, 15) is 4.79 Å². The van der Waals surface area contributed by atoms with Gasteiger partial charge in [-0.2, -0.15) is 5.10 Å². The highest BCUT2D eigenvalue weighted by Gasteiger charge is 2.10. The number of aromatic nitrogens is 2. The van der Waals surface area contributed by atoms with Gasteiger partial charge in [0.05, 0.1) is 18.0 Å². The van der Waals surface area contributed by atoms with Gasteiger partial charge in [-0.05, 0) is 31.5 Å². The zero-order valence-corrected chi connectivity index (χ0v) is 12.2. The Kier molecular flexibility index (Phi) is 5.51. The Morgan fingerprint density at radius 1 is 1.33 bits per heavy atom. The van der Waals surface area contributed by atoms with E-state index in [1.165, 1.54) is 0 Å². The number of nitrogens with zero attached hydrogens (tertiary/aromatic N) is 2. The third-order valence-electron chi connectivity index (χ3n) is 3.16. The predicted octanol–water partition coefficient (Wildman–Crippen LogP) is 2.09. The second-order valence-electron chi connectivity index (χ2n) is 4.90. The van der Waals surface area contributed by atoms with Crippen molar-refractivity contribution in [1.82, 2.24) is 9.78 Å². The highest BCUT2D eigenvalue weighted by molar-refractivity contribution is 5.69. The van der Waals surface area contributed by atoms with Gasteiger partial charge in [0.15, 0.2) is 0 Å². The summed E-state index contributed by atoms with van der Waals surface area (Å²) in [7, 11) is 0. The van der Waals surface area contributed by atoms with Gasteiger partial charge in [0.1, 0.15) is 0 Å². The zero-order chi connectivity index (χ0) is 15.1. The quantitative estimate of drug-likeness (QED) is 0.792. The Morgan fingerprint density at radius 2 is 2.10 bits per heavy atom. The molecule has 0 bridgehead atoms. The molecule has 1 aromatic carbocycles. The van der Waals surface area contributed by atoms with Crippen molar-refractivity contribution >= 4 is 5.97 Å². The largest absolute Gasteiger partial charge is 0.466 e. The van der Waals surface area contributed by atoms with Crippen LogP contribution in [0.2, 0.25) is 0 Å². The Balaban J connectivity index is 1.86. The summed E-state index contributed by atoms with van der Waals surface area (Å²) in [6, 6.07) is 11.8. The molecule has 5 nitrogen and oxygen atoms in total. The van der Waals surface area contributed by atoms with E-state index in [2.05, 4.69) is 5.10 Å². The molecular formula is C16H21N3O2. The molecule has 0 aliphatic rings. The summed E-state index contributed by atoms with van der Waals surface area (Å²) >= 11 is 0. The van der Waals surface area contributed by atoms with Gasteiger partial charge in [-0.15, -0.1) is 0 Å². The maximum absolute atomic E-state index is 11.3. The van der Waals surface area contributed by atoms with Gasteiger partial charge in [-0.3, -0.25) is 4.79 Å². The van der Waals surface area contributed by atoms with E-state index in [0.717, 1.165) is 11.4 Å². The van der Waals surface area contributed by atoms with Gasteiger partial charge >= 0.3 is 5.97 Å². The van der Waals surface area contributed by atoms with Crippen molar-refractivity contribution in [2.24, 2.45) is 5.73 Å². The summed E-state index contributed by atoms with van der Waals surface area (Å²) in [6.45, 7) is 2.21. The van der Waals surface area contributed by atoms with Crippen LogP contribution in [0.4, 0.5) is 0 Å². The van der Waals surface area contributed by atoms with Gasteiger partial charge in [-0.25, -0.2) is 4.68 Å². The van der Waals surface area contributed by atoms with Crippen LogP contribution in [-0.4, -0.2) is 28.4 Å². The lowest BCUT2D eigenvalue weighted by Crippen LogP contribution is -2.24. The molecule has 2 aromatic rings. The number of carbonyl (C=O) groups excluding carboxylic acids is 1. The number of esters is 1. The number of carbonyl (C=O) groups is 1.